The molecule has 1 unspecified atom stereocenters. The van der Waals surface area contributed by atoms with Gasteiger partial charge in [-0.2, -0.15) is 10.4 Å². The SMILES string of the molecule is [2H]C(Nc1cc(Cl)c2ncc(C#N)c(NCCc3ccn(C)n3)c2c1)(c1ccc(F)cc1)c1cn(C2CC2)nn1. The number of nitriles is 1. The number of aromatic nitrogens is 6. The van der Waals surface area contributed by atoms with Gasteiger partial charge < -0.3 is 10.6 Å². The molecule has 1 aliphatic carbocycles. The number of hydrogen-bond acceptors (Lipinski definition) is 7. The molecule has 11 heteroatoms. The second-order valence-corrected chi connectivity index (χ2v) is 9.90. The summed E-state index contributed by atoms with van der Waals surface area (Å²) >= 11 is 6.69. The number of anilines is 2. The van der Waals surface area contributed by atoms with Crippen molar-refractivity contribution >= 4 is 33.9 Å². The van der Waals surface area contributed by atoms with E-state index in [2.05, 4.69) is 37.1 Å². The maximum Gasteiger partial charge on any atom is 0.123 e. The van der Waals surface area contributed by atoms with Crippen LogP contribution in [0.2, 0.25) is 5.02 Å². The predicted octanol–water partition coefficient (Wildman–Crippen LogP) is 5.41. The van der Waals surface area contributed by atoms with Gasteiger partial charge in [0.15, 0.2) is 0 Å². The van der Waals surface area contributed by atoms with Crippen LogP contribution in [0.5, 0.6) is 0 Å². The first kappa shape index (κ1) is 23.6. The molecule has 1 saturated carbocycles. The number of halogens is 2. The summed E-state index contributed by atoms with van der Waals surface area (Å²) in [6.07, 6.45) is 7.81. The zero-order valence-corrected chi connectivity index (χ0v) is 21.8. The minimum atomic E-state index is -1.61. The molecule has 1 atom stereocenters. The monoisotopic (exact) mass is 542 g/mol. The van der Waals surface area contributed by atoms with E-state index in [9.17, 15) is 11.0 Å². The Labute approximate surface area is 230 Å². The molecule has 1 aliphatic rings. The first-order valence-electron chi connectivity index (χ1n) is 13.1. The van der Waals surface area contributed by atoms with Crippen LogP contribution < -0.4 is 10.6 Å². The van der Waals surface area contributed by atoms with Crippen molar-refractivity contribution in [2.24, 2.45) is 7.05 Å². The lowest BCUT2D eigenvalue weighted by Gasteiger charge is -2.20. The summed E-state index contributed by atoms with van der Waals surface area (Å²) in [6, 6.07) is 12.0. The van der Waals surface area contributed by atoms with Crippen molar-refractivity contribution < 1.29 is 5.76 Å². The number of benzene rings is 2. The molecule has 196 valence electrons. The second kappa shape index (κ2) is 10.3. The summed E-state index contributed by atoms with van der Waals surface area (Å²) in [4.78, 5) is 4.42. The standard InChI is InChI=1S/C28H25ClFN9/c1-38-11-9-20(36-38)8-10-32-26-18(14-31)15-33-28-23(26)12-21(13-24(28)29)34-27(17-2-4-19(30)5-3-17)25-16-39(37-35-25)22-6-7-22/h2-5,9,11-13,15-16,22,27,34H,6-8,10H2,1H3,(H,32,33)/i27D. The van der Waals surface area contributed by atoms with E-state index in [4.69, 9.17) is 11.6 Å². The van der Waals surface area contributed by atoms with E-state index in [0.717, 1.165) is 18.5 Å². The minimum Gasteiger partial charge on any atom is -0.383 e. The molecular formula is C28H25ClFN9. The van der Waals surface area contributed by atoms with E-state index in [1.54, 1.807) is 39.8 Å². The van der Waals surface area contributed by atoms with Crippen molar-refractivity contribution in [2.75, 3.05) is 17.2 Å². The van der Waals surface area contributed by atoms with Crippen LogP contribution in [0.3, 0.4) is 0 Å². The van der Waals surface area contributed by atoms with E-state index in [1.807, 2.05) is 19.3 Å². The number of nitrogens with zero attached hydrogens (tertiary/aromatic N) is 7. The Morgan fingerprint density at radius 3 is 2.79 bits per heavy atom. The first-order chi connectivity index (χ1) is 19.3. The van der Waals surface area contributed by atoms with E-state index < -0.39 is 11.8 Å². The number of fused-ring (bicyclic) bond motifs is 1. The fourth-order valence-corrected chi connectivity index (χ4v) is 4.74. The van der Waals surface area contributed by atoms with E-state index in [0.29, 0.717) is 57.1 Å². The highest BCUT2D eigenvalue weighted by Crippen LogP contribution is 2.37. The molecule has 5 aromatic rings. The molecule has 0 radical (unpaired) electrons. The molecule has 3 heterocycles. The lowest BCUT2D eigenvalue weighted by molar-refractivity contribution is 0.610. The Morgan fingerprint density at radius 1 is 1.26 bits per heavy atom. The van der Waals surface area contributed by atoms with Gasteiger partial charge in [0.1, 0.15) is 17.6 Å². The average Bonchev–Trinajstić information content (AvgIpc) is 3.51. The smallest absolute Gasteiger partial charge is 0.123 e. The largest absolute Gasteiger partial charge is 0.383 e. The van der Waals surface area contributed by atoms with Gasteiger partial charge in [0.25, 0.3) is 0 Å². The van der Waals surface area contributed by atoms with Gasteiger partial charge in [-0.15, -0.1) is 5.10 Å². The Bertz CT molecular complexity index is 1740. The van der Waals surface area contributed by atoms with Crippen LogP contribution in [0.25, 0.3) is 10.9 Å². The molecule has 39 heavy (non-hydrogen) atoms. The molecule has 1 fully saturated rings. The van der Waals surface area contributed by atoms with Crippen molar-refractivity contribution in [3.63, 3.8) is 0 Å². The Kier molecular flexibility index (Phi) is 6.26. The highest BCUT2D eigenvalue weighted by molar-refractivity contribution is 6.35. The summed E-state index contributed by atoms with van der Waals surface area (Å²) in [5.41, 5.74) is 3.73. The molecule has 6 rings (SSSR count). The number of hydrogen-bond donors (Lipinski definition) is 2. The molecule has 0 amide bonds. The van der Waals surface area contributed by atoms with Gasteiger partial charge >= 0.3 is 0 Å². The summed E-state index contributed by atoms with van der Waals surface area (Å²) in [7, 11) is 1.86. The van der Waals surface area contributed by atoms with Crippen LogP contribution in [-0.4, -0.2) is 36.3 Å². The maximum absolute atomic E-state index is 13.8. The van der Waals surface area contributed by atoms with Gasteiger partial charge in [-0.25, -0.2) is 9.07 Å². The number of aryl methyl sites for hydroxylation is 1. The van der Waals surface area contributed by atoms with Crippen LogP contribution in [-0.2, 0) is 13.5 Å². The molecular weight excluding hydrogens is 517 g/mol. The number of rotatable bonds is 9. The van der Waals surface area contributed by atoms with Gasteiger partial charge in [-0.3, -0.25) is 9.67 Å². The Hall–Kier alpha value is -4.49. The van der Waals surface area contributed by atoms with Crippen molar-refractivity contribution in [3.8, 4) is 6.07 Å². The topological polar surface area (TPSA) is 109 Å². The van der Waals surface area contributed by atoms with Gasteiger partial charge in [0.2, 0.25) is 0 Å². The highest BCUT2D eigenvalue weighted by atomic mass is 35.5. The fourth-order valence-electron chi connectivity index (χ4n) is 4.47. The molecule has 0 saturated heterocycles. The van der Waals surface area contributed by atoms with Gasteiger partial charge in [0.05, 0.1) is 47.1 Å². The van der Waals surface area contributed by atoms with Crippen LogP contribution in [0.15, 0.2) is 61.1 Å². The van der Waals surface area contributed by atoms with Crippen LogP contribution in [0, 0.1) is 17.1 Å². The minimum absolute atomic E-state index is 0.282. The van der Waals surface area contributed by atoms with E-state index in [-0.39, 0.29) is 6.04 Å². The average molecular weight is 543 g/mol. The fraction of sp³-hybridized carbons (Fsp3) is 0.250. The third-order valence-electron chi connectivity index (χ3n) is 6.59. The quantitative estimate of drug-likeness (QED) is 0.256. The van der Waals surface area contributed by atoms with Crippen LogP contribution in [0.1, 0.15) is 48.8 Å². The molecule has 2 aromatic carbocycles. The third kappa shape index (κ3) is 5.26. The van der Waals surface area contributed by atoms with Crippen molar-refractivity contribution in [3.05, 3.63) is 94.4 Å². The van der Waals surface area contributed by atoms with Crippen LogP contribution >= 0.6 is 11.6 Å². The van der Waals surface area contributed by atoms with E-state index in [1.165, 1.54) is 18.3 Å². The van der Waals surface area contributed by atoms with Gasteiger partial charge in [0, 0.05) is 43.5 Å². The summed E-state index contributed by atoms with van der Waals surface area (Å²) in [6.45, 7) is 0.530. The van der Waals surface area contributed by atoms with Crippen molar-refractivity contribution in [1.82, 2.24) is 29.8 Å². The molecule has 2 N–H and O–H groups in total. The molecule has 0 bridgehead atoms. The third-order valence-corrected chi connectivity index (χ3v) is 6.87. The van der Waals surface area contributed by atoms with Gasteiger partial charge in [-0.1, -0.05) is 28.9 Å². The Morgan fingerprint density at radius 2 is 2.08 bits per heavy atom. The van der Waals surface area contributed by atoms with E-state index >= 15 is 0 Å². The zero-order valence-electron chi connectivity index (χ0n) is 22.1. The summed E-state index contributed by atoms with van der Waals surface area (Å²) in [5, 5.41) is 30.4. The lowest BCUT2D eigenvalue weighted by atomic mass is 10.0. The number of nitrogens with one attached hydrogen (secondary N) is 2. The first-order valence-corrected chi connectivity index (χ1v) is 12.9. The zero-order chi connectivity index (χ0) is 27.9. The van der Waals surface area contributed by atoms with Crippen molar-refractivity contribution in [2.45, 2.75) is 31.3 Å². The molecule has 0 aliphatic heterocycles. The van der Waals surface area contributed by atoms with Crippen molar-refractivity contribution in [1.29, 1.82) is 5.26 Å². The van der Waals surface area contributed by atoms with Crippen LogP contribution in [0.4, 0.5) is 15.8 Å². The highest BCUT2D eigenvalue weighted by Gasteiger charge is 2.27. The van der Waals surface area contributed by atoms with Gasteiger partial charge in [-0.05, 0) is 48.7 Å². The lowest BCUT2D eigenvalue weighted by Crippen LogP contribution is -2.13. The molecule has 9 nitrogen and oxygen atoms in total. The number of pyridine rings is 1. The predicted molar refractivity (Wildman–Crippen MR) is 147 cm³/mol. The molecule has 3 aromatic heterocycles. The Balaban J connectivity index is 1.39. The summed E-state index contributed by atoms with van der Waals surface area (Å²) in [5.74, 6) is -0.405. The summed E-state index contributed by atoms with van der Waals surface area (Å²) < 4.78 is 26.8. The maximum atomic E-state index is 13.8. The second-order valence-electron chi connectivity index (χ2n) is 9.49. The molecule has 0 spiro atoms. The normalized spacial score (nSPS) is 15.0.